The first-order chi connectivity index (χ1) is 9.10. The highest BCUT2D eigenvalue weighted by Crippen LogP contribution is 2.17. The summed E-state index contributed by atoms with van der Waals surface area (Å²) in [5, 5.41) is 0. The van der Waals surface area contributed by atoms with Gasteiger partial charge in [0.25, 0.3) is 10.2 Å². The van der Waals surface area contributed by atoms with Crippen LogP contribution in [-0.4, -0.2) is 50.9 Å². The van der Waals surface area contributed by atoms with Crippen molar-refractivity contribution in [1.29, 1.82) is 0 Å². The van der Waals surface area contributed by atoms with E-state index >= 15 is 0 Å². The third-order valence-corrected chi connectivity index (χ3v) is 5.87. The smallest absolute Gasteiger partial charge is 0.279 e. The Labute approximate surface area is 121 Å². The van der Waals surface area contributed by atoms with E-state index in [1.54, 1.807) is 4.31 Å². The van der Waals surface area contributed by atoms with E-state index in [4.69, 9.17) is 5.73 Å². The Morgan fingerprint density at radius 3 is 2.53 bits per heavy atom. The van der Waals surface area contributed by atoms with E-state index in [2.05, 4.69) is 11.0 Å². The number of thioether (sulfide) groups is 1. The Hall–Kier alpha value is 0.180. The van der Waals surface area contributed by atoms with Gasteiger partial charge in [0.15, 0.2) is 0 Å². The molecule has 0 aromatic carbocycles. The Bertz CT molecular complexity index is 328. The Kier molecular flexibility index (Phi) is 8.32. The van der Waals surface area contributed by atoms with Gasteiger partial charge in [0.05, 0.1) is 0 Å². The Balaban J connectivity index is 2.21. The highest BCUT2D eigenvalue weighted by molar-refractivity contribution is 7.98. The second-order valence-electron chi connectivity index (χ2n) is 5.03. The van der Waals surface area contributed by atoms with Crippen molar-refractivity contribution in [3.05, 3.63) is 0 Å². The maximum Gasteiger partial charge on any atom is 0.279 e. The van der Waals surface area contributed by atoms with Gasteiger partial charge in [0.2, 0.25) is 0 Å². The third kappa shape index (κ3) is 6.44. The number of nitrogens with one attached hydrogen (secondary N) is 1. The molecule has 5 nitrogen and oxygen atoms in total. The highest BCUT2D eigenvalue weighted by atomic mass is 32.2. The SMILES string of the molecule is CSCCCCCNS(=O)(=O)N1CCC(CN)CC1. The predicted octanol–water partition coefficient (Wildman–Crippen LogP) is 1.02. The molecule has 1 rings (SSSR count). The number of nitrogens with zero attached hydrogens (tertiary/aromatic N) is 1. The van der Waals surface area contributed by atoms with Crippen molar-refractivity contribution < 1.29 is 8.42 Å². The fraction of sp³-hybridized carbons (Fsp3) is 1.00. The molecule has 1 aliphatic rings. The number of nitrogens with two attached hydrogens (primary N) is 1. The van der Waals surface area contributed by atoms with E-state index in [1.165, 1.54) is 0 Å². The van der Waals surface area contributed by atoms with Crippen LogP contribution >= 0.6 is 11.8 Å². The van der Waals surface area contributed by atoms with Gasteiger partial charge in [-0.2, -0.15) is 24.5 Å². The minimum absolute atomic E-state index is 0.484. The molecule has 19 heavy (non-hydrogen) atoms. The van der Waals surface area contributed by atoms with Gasteiger partial charge >= 0.3 is 0 Å². The molecule has 1 saturated heterocycles. The minimum Gasteiger partial charge on any atom is -0.330 e. The monoisotopic (exact) mass is 309 g/mol. The van der Waals surface area contributed by atoms with Crippen molar-refractivity contribution >= 4 is 22.0 Å². The molecule has 7 heteroatoms. The molecule has 0 aromatic rings. The zero-order chi connectivity index (χ0) is 14.1. The Morgan fingerprint density at radius 1 is 1.26 bits per heavy atom. The van der Waals surface area contributed by atoms with Gasteiger partial charge in [-0.05, 0) is 50.2 Å². The van der Waals surface area contributed by atoms with Gasteiger partial charge in [0.1, 0.15) is 0 Å². The molecule has 0 atom stereocenters. The van der Waals surface area contributed by atoms with Gasteiger partial charge in [-0.3, -0.25) is 0 Å². The second-order valence-corrected chi connectivity index (χ2v) is 7.77. The summed E-state index contributed by atoms with van der Waals surface area (Å²) in [6.45, 7) is 2.41. The lowest BCUT2D eigenvalue weighted by atomic mass is 9.99. The molecular weight excluding hydrogens is 282 g/mol. The van der Waals surface area contributed by atoms with Crippen molar-refractivity contribution in [3.8, 4) is 0 Å². The summed E-state index contributed by atoms with van der Waals surface area (Å²) in [5.41, 5.74) is 5.61. The summed E-state index contributed by atoms with van der Waals surface area (Å²) in [6, 6.07) is 0. The second kappa shape index (κ2) is 9.18. The number of unbranched alkanes of at least 4 members (excludes halogenated alkanes) is 2. The molecule has 1 heterocycles. The molecule has 0 aliphatic carbocycles. The minimum atomic E-state index is -3.27. The molecular formula is C12H27N3O2S2. The molecule has 3 N–H and O–H groups in total. The lowest BCUT2D eigenvalue weighted by molar-refractivity contribution is 0.276. The largest absolute Gasteiger partial charge is 0.330 e. The maximum atomic E-state index is 12.0. The summed E-state index contributed by atoms with van der Waals surface area (Å²) in [7, 11) is -3.27. The summed E-state index contributed by atoms with van der Waals surface area (Å²) < 4.78 is 28.4. The average Bonchev–Trinajstić information content (AvgIpc) is 2.43. The van der Waals surface area contributed by atoms with Crippen LogP contribution in [0.2, 0.25) is 0 Å². The van der Waals surface area contributed by atoms with Gasteiger partial charge in [-0.15, -0.1) is 0 Å². The number of hydrogen-bond donors (Lipinski definition) is 2. The van der Waals surface area contributed by atoms with Crippen LogP contribution in [0.1, 0.15) is 32.1 Å². The van der Waals surface area contributed by atoms with Gasteiger partial charge in [-0.25, -0.2) is 4.72 Å². The molecule has 0 amide bonds. The van der Waals surface area contributed by atoms with Crippen LogP contribution in [-0.2, 0) is 10.2 Å². The van der Waals surface area contributed by atoms with Crippen molar-refractivity contribution in [1.82, 2.24) is 9.03 Å². The first-order valence-electron chi connectivity index (χ1n) is 7.04. The van der Waals surface area contributed by atoms with E-state index in [9.17, 15) is 8.42 Å². The van der Waals surface area contributed by atoms with Gasteiger partial charge in [-0.1, -0.05) is 6.42 Å². The fourth-order valence-electron chi connectivity index (χ4n) is 2.23. The van der Waals surface area contributed by atoms with Crippen LogP contribution < -0.4 is 10.5 Å². The molecule has 0 aromatic heterocycles. The standard InChI is InChI=1S/C12H27N3O2S2/c1-18-10-4-2-3-7-14-19(16,17)15-8-5-12(11-13)6-9-15/h12,14H,2-11,13H2,1H3. The summed E-state index contributed by atoms with van der Waals surface area (Å²) in [6.07, 6.45) is 7.01. The van der Waals surface area contributed by atoms with Crippen LogP contribution in [0.5, 0.6) is 0 Å². The van der Waals surface area contributed by atoms with Crippen LogP contribution in [0.15, 0.2) is 0 Å². The molecule has 1 fully saturated rings. The zero-order valence-corrected chi connectivity index (χ0v) is 13.4. The molecule has 1 aliphatic heterocycles. The summed E-state index contributed by atoms with van der Waals surface area (Å²) >= 11 is 1.83. The number of piperidine rings is 1. The van der Waals surface area contributed by atoms with Crippen molar-refractivity contribution in [2.24, 2.45) is 11.7 Å². The molecule has 0 spiro atoms. The van der Waals surface area contributed by atoms with E-state index in [0.29, 0.717) is 32.1 Å². The Morgan fingerprint density at radius 2 is 1.95 bits per heavy atom. The normalized spacial score (nSPS) is 18.8. The molecule has 0 unspecified atom stereocenters. The van der Waals surface area contributed by atoms with E-state index in [0.717, 1.165) is 37.9 Å². The first-order valence-corrected chi connectivity index (χ1v) is 9.87. The lowest BCUT2D eigenvalue weighted by Gasteiger charge is -2.30. The zero-order valence-electron chi connectivity index (χ0n) is 11.8. The third-order valence-electron chi connectivity index (χ3n) is 3.56. The number of hydrogen-bond acceptors (Lipinski definition) is 4. The molecule has 0 radical (unpaired) electrons. The lowest BCUT2D eigenvalue weighted by Crippen LogP contribution is -2.46. The molecule has 114 valence electrons. The van der Waals surface area contributed by atoms with Crippen molar-refractivity contribution in [2.45, 2.75) is 32.1 Å². The van der Waals surface area contributed by atoms with Gasteiger partial charge in [0, 0.05) is 19.6 Å². The first kappa shape index (κ1) is 17.2. The predicted molar refractivity (Wildman–Crippen MR) is 82.5 cm³/mol. The van der Waals surface area contributed by atoms with Crippen molar-refractivity contribution in [2.75, 3.05) is 38.2 Å². The van der Waals surface area contributed by atoms with E-state index in [-0.39, 0.29) is 0 Å². The van der Waals surface area contributed by atoms with E-state index < -0.39 is 10.2 Å². The summed E-state index contributed by atoms with van der Waals surface area (Å²) in [5.74, 6) is 1.64. The number of rotatable bonds is 9. The average molecular weight is 310 g/mol. The maximum absolute atomic E-state index is 12.0. The van der Waals surface area contributed by atoms with Gasteiger partial charge < -0.3 is 5.73 Å². The van der Waals surface area contributed by atoms with Crippen LogP contribution in [0, 0.1) is 5.92 Å². The van der Waals surface area contributed by atoms with Crippen LogP contribution in [0.25, 0.3) is 0 Å². The summed E-state index contributed by atoms with van der Waals surface area (Å²) in [4.78, 5) is 0. The highest BCUT2D eigenvalue weighted by Gasteiger charge is 2.26. The van der Waals surface area contributed by atoms with Crippen molar-refractivity contribution in [3.63, 3.8) is 0 Å². The molecule has 0 saturated carbocycles. The van der Waals surface area contributed by atoms with E-state index in [1.807, 2.05) is 11.8 Å². The fourth-order valence-corrected chi connectivity index (χ4v) is 4.00. The topological polar surface area (TPSA) is 75.4 Å². The van der Waals surface area contributed by atoms with Crippen LogP contribution in [0.3, 0.4) is 0 Å². The molecule has 0 bridgehead atoms. The quantitative estimate of drug-likeness (QED) is 0.624. The van der Waals surface area contributed by atoms with Crippen LogP contribution in [0.4, 0.5) is 0 Å².